The minimum atomic E-state index is -0.523. The Kier molecular flexibility index (Phi) is 4.35. The molecule has 1 fully saturated rings. The number of hydrogen-bond acceptors (Lipinski definition) is 3. The van der Waals surface area contributed by atoms with E-state index in [1.807, 2.05) is 0 Å². The molecule has 0 aliphatic carbocycles. The number of fused-ring (bicyclic) bond motifs is 1. The van der Waals surface area contributed by atoms with Crippen LogP contribution in [-0.4, -0.2) is 42.0 Å². The molecular weight excluding hydrogens is 352 g/mol. The summed E-state index contributed by atoms with van der Waals surface area (Å²) in [6.45, 7) is 2.04. The van der Waals surface area contributed by atoms with Gasteiger partial charge >= 0.3 is 0 Å². The van der Waals surface area contributed by atoms with Gasteiger partial charge in [0.2, 0.25) is 5.43 Å². The normalized spacial score (nSPS) is 14.6. The number of rotatable bonds is 2. The maximum atomic E-state index is 13.5. The highest BCUT2D eigenvalue weighted by Gasteiger charge is 2.24. The van der Waals surface area contributed by atoms with Gasteiger partial charge in [-0.15, -0.1) is 0 Å². The number of piperazine rings is 1. The second-order valence-corrected chi connectivity index (χ2v) is 6.48. The number of aromatic nitrogens is 1. The van der Waals surface area contributed by atoms with E-state index in [9.17, 15) is 18.4 Å². The lowest BCUT2D eigenvalue weighted by Gasteiger charge is -2.36. The van der Waals surface area contributed by atoms with Gasteiger partial charge in [-0.1, -0.05) is 0 Å². The number of nitrogens with zero attached hydrogens (tertiary/aromatic N) is 2. The van der Waals surface area contributed by atoms with Crippen LogP contribution in [0.2, 0.25) is 0 Å². The average Bonchev–Trinajstić information content (AvgIpc) is 2.69. The smallest absolute Gasteiger partial charge is 0.259 e. The maximum Gasteiger partial charge on any atom is 0.259 e. The summed E-state index contributed by atoms with van der Waals surface area (Å²) in [6, 6.07) is 10.1. The molecule has 0 spiro atoms. The van der Waals surface area contributed by atoms with Crippen molar-refractivity contribution in [1.29, 1.82) is 0 Å². The molecule has 1 saturated heterocycles. The molecule has 1 aromatic heterocycles. The number of H-pyrrole nitrogens is 1. The van der Waals surface area contributed by atoms with E-state index in [-0.39, 0.29) is 22.7 Å². The van der Waals surface area contributed by atoms with Gasteiger partial charge in [0.25, 0.3) is 5.91 Å². The lowest BCUT2D eigenvalue weighted by atomic mass is 10.1. The van der Waals surface area contributed by atoms with Gasteiger partial charge < -0.3 is 14.8 Å². The van der Waals surface area contributed by atoms with E-state index in [1.54, 1.807) is 17.0 Å². The molecule has 0 atom stereocenters. The Morgan fingerprint density at radius 1 is 0.926 bits per heavy atom. The molecule has 2 heterocycles. The molecule has 4 rings (SSSR count). The first kappa shape index (κ1) is 17.2. The van der Waals surface area contributed by atoms with Crippen molar-refractivity contribution < 1.29 is 13.6 Å². The number of anilines is 1. The van der Waals surface area contributed by atoms with Crippen LogP contribution in [-0.2, 0) is 0 Å². The van der Waals surface area contributed by atoms with E-state index in [4.69, 9.17) is 0 Å². The third kappa shape index (κ3) is 3.28. The van der Waals surface area contributed by atoms with Gasteiger partial charge in [0.15, 0.2) is 0 Å². The Bertz CT molecular complexity index is 1060. The summed E-state index contributed by atoms with van der Waals surface area (Å²) in [7, 11) is 0. The number of hydrogen-bond donors (Lipinski definition) is 1. The van der Waals surface area contributed by atoms with Crippen molar-refractivity contribution in [3.63, 3.8) is 0 Å². The Hall–Kier alpha value is -3.22. The van der Waals surface area contributed by atoms with E-state index in [1.165, 1.54) is 30.5 Å². The molecule has 0 radical (unpaired) electrons. The molecule has 27 heavy (non-hydrogen) atoms. The van der Waals surface area contributed by atoms with Crippen molar-refractivity contribution in [2.24, 2.45) is 0 Å². The zero-order valence-corrected chi connectivity index (χ0v) is 14.4. The zero-order valence-electron chi connectivity index (χ0n) is 14.4. The van der Waals surface area contributed by atoms with Gasteiger partial charge in [-0.05, 0) is 42.5 Å². The van der Waals surface area contributed by atoms with Crippen molar-refractivity contribution >= 4 is 22.5 Å². The highest BCUT2D eigenvalue weighted by atomic mass is 19.1. The van der Waals surface area contributed by atoms with Gasteiger partial charge in [0.05, 0.1) is 0 Å². The van der Waals surface area contributed by atoms with Crippen LogP contribution in [0, 0.1) is 11.6 Å². The molecule has 0 bridgehead atoms. The van der Waals surface area contributed by atoms with Gasteiger partial charge in [-0.2, -0.15) is 0 Å². The molecular formula is C20H17F2N3O2. The minimum absolute atomic E-state index is 0.00309. The highest BCUT2D eigenvalue weighted by Crippen LogP contribution is 2.18. The van der Waals surface area contributed by atoms with Crippen molar-refractivity contribution in [1.82, 2.24) is 9.88 Å². The van der Waals surface area contributed by atoms with Crippen molar-refractivity contribution in [2.75, 3.05) is 31.1 Å². The summed E-state index contributed by atoms with van der Waals surface area (Å²) in [5.41, 5.74) is 0.902. The van der Waals surface area contributed by atoms with Crippen LogP contribution in [0.15, 0.2) is 53.5 Å². The lowest BCUT2D eigenvalue weighted by Crippen LogP contribution is -2.49. The predicted molar refractivity (Wildman–Crippen MR) is 99.0 cm³/mol. The summed E-state index contributed by atoms with van der Waals surface area (Å²) in [4.78, 5) is 31.9. The first-order chi connectivity index (χ1) is 13.0. The minimum Gasteiger partial charge on any atom is -0.368 e. The molecule has 1 N–H and O–H groups in total. The molecule has 7 heteroatoms. The third-order valence-corrected chi connectivity index (χ3v) is 4.83. The Labute approximate surface area is 153 Å². The fraction of sp³-hybridized carbons (Fsp3) is 0.200. The standard InChI is InChI=1S/C20H17F2N3O2/c21-13-1-4-15(5-2-13)24-7-9-25(10-8-24)20(27)17-12-23-18-6-3-14(22)11-16(18)19(17)26/h1-6,11-12H,7-10H2,(H,23,26). The van der Waals surface area contributed by atoms with Crippen LogP contribution < -0.4 is 10.3 Å². The maximum absolute atomic E-state index is 13.5. The van der Waals surface area contributed by atoms with Crippen molar-refractivity contribution in [3.8, 4) is 0 Å². The first-order valence-corrected chi connectivity index (χ1v) is 8.64. The Balaban J connectivity index is 1.53. The van der Waals surface area contributed by atoms with E-state index in [0.717, 1.165) is 11.8 Å². The van der Waals surface area contributed by atoms with Crippen LogP contribution in [0.3, 0.4) is 0 Å². The fourth-order valence-corrected chi connectivity index (χ4v) is 3.34. The Morgan fingerprint density at radius 2 is 1.59 bits per heavy atom. The lowest BCUT2D eigenvalue weighted by molar-refractivity contribution is 0.0745. The number of pyridine rings is 1. The Morgan fingerprint density at radius 3 is 2.30 bits per heavy atom. The van der Waals surface area contributed by atoms with Crippen molar-refractivity contribution in [3.05, 3.63) is 76.1 Å². The second-order valence-electron chi connectivity index (χ2n) is 6.48. The van der Waals surface area contributed by atoms with Gasteiger partial charge in [0.1, 0.15) is 17.2 Å². The van der Waals surface area contributed by atoms with Crippen LogP contribution >= 0.6 is 0 Å². The van der Waals surface area contributed by atoms with Crippen LogP contribution in [0.4, 0.5) is 14.5 Å². The van der Waals surface area contributed by atoms with Gasteiger partial charge in [-0.25, -0.2) is 8.78 Å². The molecule has 138 valence electrons. The number of benzene rings is 2. The SMILES string of the molecule is O=C(c1c[nH]c2ccc(F)cc2c1=O)N1CCN(c2ccc(F)cc2)CC1. The summed E-state index contributed by atoms with van der Waals surface area (Å²) in [5.74, 6) is -1.19. The molecule has 1 aliphatic rings. The topological polar surface area (TPSA) is 56.4 Å². The molecule has 0 unspecified atom stereocenters. The number of carbonyl (C=O) groups is 1. The molecule has 1 amide bonds. The number of nitrogens with one attached hydrogen (secondary N) is 1. The number of carbonyl (C=O) groups excluding carboxylic acids is 1. The van der Waals surface area contributed by atoms with Crippen LogP contribution in [0.5, 0.6) is 0 Å². The fourth-order valence-electron chi connectivity index (χ4n) is 3.34. The summed E-state index contributed by atoms with van der Waals surface area (Å²) >= 11 is 0. The first-order valence-electron chi connectivity index (χ1n) is 8.64. The summed E-state index contributed by atoms with van der Waals surface area (Å²) in [5, 5.41) is 0.158. The quantitative estimate of drug-likeness (QED) is 0.756. The number of halogens is 2. The largest absolute Gasteiger partial charge is 0.368 e. The van der Waals surface area contributed by atoms with E-state index >= 15 is 0 Å². The molecule has 5 nitrogen and oxygen atoms in total. The van der Waals surface area contributed by atoms with Gasteiger partial charge in [0, 0.05) is 49.0 Å². The predicted octanol–water partition coefficient (Wildman–Crippen LogP) is 2.77. The highest BCUT2D eigenvalue weighted by molar-refractivity contribution is 5.97. The van der Waals surface area contributed by atoms with E-state index in [2.05, 4.69) is 9.88 Å². The van der Waals surface area contributed by atoms with Crippen LogP contribution in [0.1, 0.15) is 10.4 Å². The molecule has 2 aromatic carbocycles. The van der Waals surface area contributed by atoms with Crippen LogP contribution in [0.25, 0.3) is 10.9 Å². The molecule has 0 saturated carbocycles. The van der Waals surface area contributed by atoms with E-state index in [0.29, 0.717) is 31.7 Å². The molecule has 1 aliphatic heterocycles. The monoisotopic (exact) mass is 369 g/mol. The summed E-state index contributed by atoms with van der Waals surface area (Å²) in [6.07, 6.45) is 1.39. The number of amides is 1. The van der Waals surface area contributed by atoms with Gasteiger partial charge in [-0.3, -0.25) is 9.59 Å². The zero-order chi connectivity index (χ0) is 19.0. The number of aromatic amines is 1. The average molecular weight is 369 g/mol. The van der Waals surface area contributed by atoms with Crippen molar-refractivity contribution in [2.45, 2.75) is 0 Å². The van der Waals surface area contributed by atoms with E-state index < -0.39 is 11.2 Å². The second kappa shape index (κ2) is 6.83. The molecule has 3 aromatic rings. The summed E-state index contributed by atoms with van der Waals surface area (Å²) < 4.78 is 26.5. The third-order valence-electron chi connectivity index (χ3n) is 4.83.